The largest absolute Gasteiger partial charge is 0.497 e. The summed E-state index contributed by atoms with van der Waals surface area (Å²) in [7, 11) is 3.27. The second-order valence-electron chi connectivity index (χ2n) is 7.54. The van der Waals surface area contributed by atoms with Crippen LogP contribution in [0.3, 0.4) is 0 Å². The highest BCUT2D eigenvalue weighted by Gasteiger charge is 2.17. The Morgan fingerprint density at radius 1 is 1.00 bits per heavy atom. The number of hydrogen-bond donors (Lipinski definition) is 2. The molecule has 8 nitrogen and oxygen atoms in total. The maximum atomic E-state index is 5.35. The Bertz CT molecular complexity index is 1190. The molecule has 0 bridgehead atoms. The summed E-state index contributed by atoms with van der Waals surface area (Å²) in [6.07, 6.45) is 6.81. The van der Waals surface area contributed by atoms with Crippen LogP contribution >= 0.6 is 0 Å². The van der Waals surface area contributed by atoms with Crippen LogP contribution in [0.25, 0.3) is 22.3 Å². The molecule has 0 radical (unpaired) electrons. The van der Waals surface area contributed by atoms with Crippen LogP contribution in [-0.2, 0) is 0 Å². The third kappa shape index (κ3) is 4.02. The van der Waals surface area contributed by atoms with Crippen LogP contribution < -0.4 is 20.1 Å². The van der Waals surface area contributed by atoms with Crippen molar-refractivity contribution in [2.75, 3.05) is 32.6 Å². The zero-order valence-electron chi connectivity index (χ0n) is 17.5. The standard InChI is InChI=1S/C23H24N6O2/c1-30-19-7-17(8-20(10-19)31-2)27-16-3-4-21-22(9-16)28-23(13-25-21)15-11-26-29(14-15)18-5-6-24-12-18/h3-4,7-11,13-14,18,24,27H,5-6,12H2,1-2H3/t18-/m1/s1. The van der Waals surface area contributed by atoms with Crippen molar-refractivity contribution < 1.29 is 9.47 Å². The lowest BCUT2D eigenvalue weighted by atomic mass is 10.2. The molecule has 0 saturated carbocycles. The molecule has 1 aliphatic rings. The van der Waals surface area contributed by atoms with Crippen molar-refractivity contribution in [3.63, 3.8) is 0 Å². The average Bonchev–Trinajstić information content (AvgIpc) is 3.50. The first kappa shape index (κ1) is 19.3. The van der Waals surface area contributed by atoms with Gasteiger partial charge in [0.15, 0.2) is 0 Å². The lowest BCUT2D eigenvalue weighted by Crippen LogP contribution is -2.13. The van der Waals surface area contributed by atoms with Crippen molar-refractivity contribution in [3.05, 3.63) is 55.0 Å². The number of aromatic nitrogens is 4. The highest BCUT2D eigenvalue weighted by molar-refractivity contribution is 5.82. The second kappa shape index (κ2) is 8.23. The molecule has 1 fully saturated rings. The Kier molecular flexibility index (Phi) is 5.13. The smallest absolute Gasteiger partial charge is 0.124 e. The van der Waals surface area contributed by atoms with Gasteiger partial charge in [-0.15, -0.1) is 0 Å². The number of fused-ring (bicyclic) bond motifs is 1. The minimum absolute atomic E-state index is 0.401. The molecule has 5 rings (SSSR count). The minimum Gasteiger partial charge on any atom is -0.497 e. The normalized spacial score (nSPS) is 15.9. The van der Waals surface area contributed by atoms with Crippen molar-refractivity contribution >= 4 is 22.4 Å². The summed E-state index contributed by atoms with van der Waals surface area (Å²) in [5.41, 5.74) is 5.20. The predicted octanol–water partition coefficient (Wildman–Crippen LogP) is 3.79. The van der Waals surface area contributed by atoms with Crippen molar-refractivity contribution in [3.8, 4) is 22.8 Å². The topological polar surface area (TPSA) is 86.1 Å². The molecule has 158 valence electrons. The van der Waals surface area contributed by atoms with Gasteiger partial charge < -0.3 is 20.1 Å². The SMILES string of the molecule is COc1cc(Nc2ccc3ncc(-c4cnn([C@@H]5CCNC5)c4)nc3c2)cc(OC)c1. The van der Waals surface area contributed by atoms with Crippen LogP contribution in [0.1, 0.15) is 12.5 Å². The molecule has 2 aromatic carbocycles. The summed E-state index contributed by atoms with van der Waals surface area (Å²) in [6.45, 7) is 1.99. The predicted molar refractivity (Wildman–Crippen MR) is 120 cm³/mol. The number of methoxy groups -OCH3 is 2. The molecule has 31 heavy (non-hydrogen) atoms. The van der Waals surface area contributed by atoms with E-state index in [0.717, 1.165) is 64.7 Å². The van der Waals surface area contributed by atoms with E-state index in [9.17, 15) is 0 Å². The summed E-state index contributed by atoms with van der Waals surface area (Å²) in [6, 6.07) is 12.0. The fourth-order valence-corrected chi connectivity index (χ4v) is 3.81. The van der Waals surface area contributed by atoms with Crippen molar-refractivity contribution in [2.24, 2.45) is 0 Å². The molecule has 1 atom stereocenters. The van der Waals surface area contributed by atoms with E-state index < -0.39 is 0 Å². The second-order valence-corrected chi connectivity index (χ2v) is 7.54. The van der Waals surface area contributed by atoms with Crippen LogP contribution in [-0.4, -0.2) is 47.1 Å². The first-order valence-corrected chi connectivity index (χ1v) is 10.2. The first-order chi connectivity index (χ1) is 15.2. The number of nitrogens with zero attached hydrogens (tertiary/aromatic N) is 4. The summed E-state index contributed by atoms with van der Waals surface area (Å²) in [5.74, 6) is 1.44. The quantitative estimate of drug-likeness (QED) is 0.495. The van der Waals surface area contributed by atoms with E-state index in [4.69, 9.17) is 14.5 Å². The van der Waals surface area contributed by atoms with E-state index in [2.05, 4.69) is 26.9 Å². The van der Waals surface area contributed by atoms with Crippen molar-refractivity contribution in [1.82, 2.24) is 25.1 Å². The number of ether oxygens (including phenoxy) is 2. The molecule has 3 heterocycles. The lowest BCUT2D eigenvalue weighted by Gasteiger charge is -2.11. The Morgan fingerprint density at radius 3 is 2.58 bits per heavy atom. The zero-order chi connectivity index (χ0) is 21.2. The fourth-order valence-electron chi connectivity index (χ4n) is 3.81. The van der Waals surface area contributed by atoms with E-state index in [1.807, 2.05) is 47.3 Å². The molecule has 2 aromatic heterocycles. The lowest BCUT2D eigenvalue weighted by molar-refractivity contribution is 0.395. The highest BCUT2D eigenvalue weighted by atomic mass is 16.5. The van der Waals surface area contributed by atoms with E-state index in [1.165, 1.54) is 0 Å². The number of nitrogens with one attached hydrogen (secondary N) is 2. The molecule has 8 heteroatoms. The molecule has 0 unspecified atom stereocenters. The highest BCUT2D eigenvalue weighted by Crippen LogP contribution is 2.29. The molecular weight excluding hydrogens is 392 g/mol. The molecule has 2 N–H and O–H groups in total. The van der Waals surface area contributed by atoms with Gasteiger partial charge in [-0.3, -0.25) is 9.67 Å². The Labute approximate surface area is 180 Å². The number of anilines is 2. The summed E-state index contributed by atoms with van der Waals surface area (Å²) >= 11 is 0. The van der Waals surface area contributed by atoms with Crippen LogP contribution in [0.5, 0.6) is 11.5 Å². The summed E-state index contributed by atoms with van der Waals surface area (Å²) < 4.78 is 12.7. The first-order valence-electron chi connectivity index (χ1n) is 10.2. The van der Waals surface area contributed by atoms with Crippen LogP contribution in [0.2, 0.25) is 0 Å². The number of rotatable bonds is 6. The van der Waals surface area contributed by atoms with Crippen molar-refractivity contribution in [2.45, 2.75) is 12.5 Å². The Morgan fingerprint density at radius 2 is 1.84 bits per heavy atom. The van der Waals surface area contributed by atoms with Gasteiger partial charge in [-0.1, -0.05) is 0 Å². The van der Waals surface area contributed by atoms with Crippen LogP contribution in [0.15, 0.2) is 55.0 Å². The third-order valence-electron chi connectivity index (χ3n) is 5.49. The van der Waals surface area contributed by atoms with Gasteiger partial charge in [-0.05, 0) is 31.2 Å². The van der Waals surface area contributed by atoms with Gasteiger partial charge in [0.05, 0.1) is 49.4 Å². The molecule has 0 spiro atoms. The van der Waals surface area contributed by atoms with Gasteiger partial charge in [0.2, 0.25) is 0 Å². The molecule has 1 saturated heterocycles. The Balaban J connectivity index is 1.43. The third-order valence-corrected chi connectivity index (χ3v) is 5.49. The maximum absolute atomic E-state index is 5.35. The van der Waals surface area contributed by atoms with Gasteiger partial charge in [-0.2, -0.15) is 5.10 Å². The molecule has 1 aliphatic heterocycles. The Hall–Kier alpha value is -3.65. The monoisotopic (exact) mass is 416 g/mol. The number of benzene rings is 2. The van der Waals surface area contributed by atoms with E-state index >= 15 is 0 Å². The van der Waals surface area contributed by atoms with Crippen LogP contribution in [0.4, 0.5) is 11.4 Å². The molecular formula is C23H24N6O2. The summed E-state index contributed by atoms with van der Waals surface area (Å²) in [4.78, 5) is 9.42. The number of hydrogen-bond acceptors (Lipinski definition) is 7. The van der Waals surface area contributed by atoms with Gasteiger partial charge in [0, 0.05) is 47.9 Å². The maximum Gasteiger partial charge on any atom is 0.124 e. The van der Waals surface area contributed by atoms with E-state index in [-0.39, 0.29) is 0 Å². The summed E-state index contributed by atoms with van der Waals surface area (Å²) in [5, 5.41) is 11.3. The zero-order valence-corrected chi connectivity index (χ0v) is 17.5. The van der Waals surface area contributed by atoms with E-state index in [1.54, 1.807) is 20.4 Å². The van der Waals surface area contributed by atoms with Crippen LogP contribution in [0, 0.1) is 0 Å². The van der Waals surface area contributed by atoms with Gasteiger partial charge in [-0.25, -0.2) is 4.98 Å². The van der Waals surface area contributed by atoms with Gasteiger partial charge in [0.1, 0.15) is 11.5 Å². The van der Waals surface area contributed by atoms with Gasteiger partial charge in [0.25, 0.3) is 0 Å². The van der Waals surface area contributed by atoms with Gasteiger partial charge >= 0.3 is 0 Å². The average molecular weight is 416 g/mol. The molecule has 4 aromatic rings. The minimum atomic E-state index is 0.401. The molecule has 0 amide bonds. The molecule has 0 aliphatic carbocycles. The van der Waals surface area contributed by atoms with Crippen molar-refractivity contribution in [1.29, 1.82) is 0 Å². The fraction of sp³-hybridized carbons (Fsp3) is 0.261. The van der Waals surface area contributed by atoms with E-state index in [0.29, 0.717) is 6.04 Å².